The number of carbonyl (C=O) groups is 2. The zero-order valence-corrected chi connectivity index (χ0v) is 26.2. The number of aromatic nitrogens is 1. The van der Waals surface area contributed by atoms with Gasteiger partial charge >= 0.3 is 0 Å². The number of rotatable bonds is 10. The highest BCUT2D eigenvalue weighted by Crippen LogP contribution is 2.25. The van der Waals surface area contributed by atoms with Crippen molar-refractivity contribution < 1.29 is 18.0 Å². The summed E-state index contributed by atoms with van der Waals surface area (Å²) in [7, 11) is -4.15. The Morgan fingerprint density at radius 1 is 0.696 bits per heavy atom. The van der Waals surface area contributed by atoms with Gasteiger partial charge in [0.05, 0.1) is 10.5 Å². The molecule has 0 saturated heterocycles. The van der Waals surface area contributed by atoms with Crippen molar-refractivity contribution in [1.29, 1.82) is 0 Å². The molecule has 7 nitrogen and oxygen atoms in total. The largest absolute Gasteiger partial charge is 0.342 e. The predicted molar refractivity (Wildman–Crippen MR) is 181 cm³/mol. The predicted octanol–water partition coefficient (Wildman–Crippen LogP) is 6.86. The summed E-state index contributed by atoms with van der Waals surface area (Å²) in [5.74, 6) is -1.31. The molecule has 5 aromatic carbocycles. The summed E-state index contributed by atoms with van der Waals surface area (Å²) in [4.78, 5) is 27.2. The van der Waals surface area contributed by atoms with Gasteiger partial charge in [-0.2, -0.15) is 0 Å². The van der Waals surface area contributed by atoms with Gasteiger partial charge in [0.2, 0.25) is 0 Å². The maximum atomic E-state index is 13.8. The lowest BCUT2D eigenvalue weighted by Crippen LogP contribution is -2.49. The van der Waals surface area contributed by atoms with E-state index < -0.39 is 27.9 Å². The van der Waals surface area contributed by atoms with E-state index in [1.165, 1.54) is 12.1 Å². The molecule has 46 heavy (non-hydrogen) atoms. The van der Waals surface area contributed by atoms with Crippen LogP contribution in [0.4, 0.5) is 0 Å². The number of benzene rings is 5. The lowest BCUT2D eigenvalue weighted by molar-refractivity contribution is -0.121. The van der Waals surface area contributed by atoms with Crippen molar-refractivity contribution in [2.45, 2.75) is 23.9 Å². The molecule has 9 heteroatoms. The first kappa shape index (κ1) is 30.8. The summed E-state index contributed by atoms with van der Waals surface area (Å²) in [6, 6.07) is 39.0. The van der Waals surface area contributed by atoms with Crippen molar-refractivity contribution in [3.63, 3.8) is 0 Å². The monoisotopic (exact) mass is 647 g/mol. The fourth-order valence-electron chi connectivity index (χ4n) is 5.36. The molecule has 2 amide bonds. The number of hydrogen-bond donors (Lipinski definition) is 2. The van der Waals surface area contributed by atoms with Gasteiger partial charge in [0.15, 0.2) is 0 Å². The van der Waals surface area contributed by atoms with Crippen LogP contribution in [0.15, 0.2) is 145 Å². The van der Waals surface area contributed by atoms with Crippen molar-refractivity contribution in [2.75, 3.05) is 0 Å². The lowest BCUT2D eigenvalue weighted by atomic mass is 10.0. The molecule has 0 radical (unpaired) electrons. The number of carbonyl (C=O) groups excluding carboxylic acids is 2. The molecule has 6 aromatic rings. The van der Waals surface area contributed by atoms with Crippen LogP contribution in [0.3, 0.4) is 0 Å². The van der Waals surface area contributed by atoms with E-state index in [0.29, 0.717) is 22.5 Å². The Labute approximate surface area is 272 Å². The van der Waals surface area contributed by atoms with Crippen LogP contribution in [-0.4, -0.2) is 30.8 Å². The molecule has 2 N–H and O–H groups in total. The van der Waals surface area contributed by atoms with E-state index in [-0.39, 0.29) is 11.3 Å². The van der Waals surface area contributed by atoms with E-state index in [2.05, 4.69) is 10.0 Å². The van der Waals surface area contributed by atoms with Crippen LogP contribution >= 0.6 is 11.6 Å². The Morgan fingerprint density at radius 3 is 1.96 bits per heavy atom. The fourth-order valence-corrected chi connectivity index (χ4v) is 6.52. The summed E-state index contributed by atoms with van der Waals surface area (Å²) < 4.78 is 30.1. The Kier molecular flexibility index (Phi) is 9.01. The standard InChI is InChI=1S/C37H30ClN3O4S/c38-30-21-19-29(20-22-30)28-17-15-27(16-18-28)24-41-25-33(32-13-7-8-14-35(32)41)36(42)39-34(23-26-9-3-1-4-10-26)37(43)40-46(44,45)31-11-5-2-6-12-31/h1-22,25,34H,23-24H2,(H,39,42)(H,40,43)/t34-/m0/s1. The van der Waals surface area contributed by atoms with Crippen LogP contribution in [0.5, 0.6) is 0 Å². The highest BCUT2D eigenvalue weighted by Gasteiger charge is 2.28. The van der Waals surface area contributed by atoms with E-state index in [0.717, 1.165) is 27.8 Å². The molecule has 0 saturated carbocycles. The molecule has 0 aliphatic carbocycles. The van der Waals surface area contributed by atoms with Crippen LogP contribution < -0.4 is 10.0 Å². The number of sulfonamides is 1. The van der Waals surface area contributed by atoms with Crippen molar-refractivity contribution in [2.24, 2.45) is 0 Å². The molecule has 230 valence electrons. The minimum atomic E-state index is -4.15. The smallest absolute Gasteiger partial charge is 0.264 e. The van der Waals surface area contributed by atoms with Gasteiger partial charge in [-0.1, -0.05) is 115 Å². The van der Waals surface area contributed by atoms with Gasteiger partial charge in [0.25, 0.3) is 21.8 Å². The Bertz CT molecular complexity index is 2100. The number of para-hydroxylation sites is 1. The lowest BCUT2D eigenvalue weighted by Gasteiger charge is -2.19. The summed E-state index contributed by atoms with van der Waals surface area (Å²) in [6.07, 6.45) is 1.87. The molecule has 1 heterocycles. The van der Waals surface area contributed by atoms with Gasteiger partial charge in [-0.3, -0.25) is 9.59 Å². The number of halogens is 1. The molecule has 0 fully saturated rings. The maximum Gasteiger partial charge on any atom is 0.264 e. The summed E-state index contributed by atoms with van der Waals surface area (Å²) >= 11 is 6.04. The second kappa shape index (κ2) is 13.4. The molecular weight excluding hydrogens is 618 g/mol. The molecular formula is C37H30ClN3O4S. The van der Waals surface area contributed by atoms with Gasteiger partial charge in [-0.15, -0.1) is 0 Å². The minimum absolute atomic E-state index is 0.0441. The molecule has 1 atom stereocenters. The molecule has 1 aromatic heterocycles. The van der Waals surface area contributed by atoms with E-state index in [1.807, 2.05) is 108 Å². The minimum Gasteiger partial charge on any atom is -0.342 e. The van der Waals surface area contributed by atoms with Gasteiger partial charge in [0, 0.05) is 35.1 Å². The number of fused-ring (bicyclic) bond motifs is 1. The van der Waals surface area contributed by atoms with Crippen molar-refractivity contribution in [3.05, 3.63) is 161 Å². The van der Waals surface area contributed by atoms with E-state index in [4.69, 9.17) is 11.6 Å². The molecule has 0 unspecified atom stereocenters. The Balaban J connectivity index is 1.25. The number of amides is 2. The number of nitrogens with one attached hydrogen (secondary N) is 2. The third-order valence-electron chi connectivity index (χ3n) is 7.71. The van der Waals surface area contributed by atoms with Crippen LogP contribution in [0, 0.1) is 0 Å². The number of nitrogens with zero attached hydrogens (tertiary/aromatic N) is 1. The second-order valence-corrected chi connectivity index (χ2v) is 13.0. The molecule has 0 aliphatic rings. The Hall–Kier alpha value is -5.18. The normalized spacial score (nSPS) is 12.0. The van der Waals surface area contributed by atoms with Crippen LogP contribution in [0.1, 0.15) is 21.5 Å². The first-order chi connectivity index (χ1) is 22.3. The van der Waals surface area contributed by atoms with Crippen molar-refractivity contribution in [3.8, 4) is 11.1 Å². The third-order valence-corrected chi connectivity index (χ3v) is 9.33. The zero-order valence-electron chi connectivity index (χ0n) is 24.6. The summed E-state index contributed by atoms with van der Waals surface area (Å²) in [5.41, 5.74) is 5.17. The van der Waals surface area contributed by atoms with Crippen molar-refractivity contribution >= 4 is 44.3 Å². The average Bonchev–Trinajstić information content (AvgIpc) is 3.44. The van der Waals surface area contributed by atoms with Crippen molar-refractivity contribution in [1.82, 2.24) is 14.6 Å². The Morgan fingerprint density at radius 2 is 1.28 bits per heavy atom. The van der Waals surface area contributed by atoms with Crippen LogP contribution in [0.2, 0.25) is 5.02 Å². The highest BCUT2D eigenvalue weighted by molar-refractivity contribution is 7.90. The quantitative estimate of drug-likeness (QED) is 0.170. The maximum absolute atomic E-state index is 13.8. The van der Waals surface area contributed by atoms with E-state index in [9.17, 15) is 18.0 Å². The first-order valence-electron chi connectivity index (χ1n) is 14.7. The van der Waals surface area contributed by atoms with Gasteiger partial charge in [-0.05, 0) is 52.6 Å². The van der Waals surface area contributed by atoms with Gasteiger partial charge in [0.1, 0.15) is 6.04 Å². The SMILES string of the molecule is O=C(N[C@@H](Cc1ccccc1)C(=O)NS(=O)(=O)c1ccccc1)c1cn(Cc2ccc(-c3ccc(Cl)cc3)cc2)c2ccccc12. The van der Waals surface area contributed by atoms with E-state index >= 15 is 0 Å². The molecule has 0 aliphatic heterocycles. The topological polar surface area (TPSA) is 97.3 Å². The third kappa shape index (κ3) is 7.04. The summed E-state index contributed by atoms with van der Waals surface area (Å²) in [5, 5.41) is 4.22. The molecule has 0 spiro atoms. The second-order valence-electron chi connectivity index (χ2n) is 10.9. The highest BCUT2D eigenvalue weighted by atomic mass is 35.5. The van der Waals surface area contributed by atoms with Gasteiger partial charge < -0.3 is 9.88 Å². The van der Waals surface area contributed by atoms with E-state index in [1.54, 1.807) is 24.4 Å². The fraction of sp³-hybridized carbons (Fsp3) is 0.0811. The zero-order chi connectivity index (χ0) is 32.1. The summed E-state index contributed by atoms with van der Waals surface area (Å²) in [6.45, 7) is 0.512. The average molecular weight is 648 g/mol. The molecule has 6 rings (SSSR count). The first-order valence-corrected chi connectivity index (χ1v) is 16.5. The number of hydrogen-bond acceptors (Lipinski definition) is 4. The van der Waals surface area contributed by atoms with Crippen LogP contribution in [-0.2, 0) is 27.8 Å². The van der Waals surface area contributed by atoms with Crippen LogP contribution in [0.25, 0.3) is 22.0 Å². The van der Waals surface area contributed by atoms with Gasteiger partial charge in [-0.25, -0.2) is 13.1 Å². The molecule has 0 bridgehead atoms.